The third kappa shape index (κ3) is 5.37. The van der Waals surface area contributed by atoms with Crippen LogP contribution in [0.15, 0.2) is 0 Å². The molecular weight excluding hydrogens is 158 g/mol. The minimum Gasteiger partial charge on any atom is -0.480 e. The van der Waals surface area contributed by atoms with Gasteiger partial charge in [-0.25, -0.2) is 0 Å². The van der Waals surface area contributed by atoms with Gasteiger partial charge in [0, 0.05) is 12.3 Å². The maximum atomic E-state index is 10.5. The highest BCUT2D eigenvalue weighted by Crippen LogP contribution is 1.82. The smallest absolute Gasteiger partial charge is 0.322 e. The van der Waals surface area contributed by atoms with E-state index in [2.05, 4.69) is 5.32 Å². The first-order valence-corrected chi connectivity index (χ1v) is 3.24. The lowest BCUT2D eigenvalue weighted by atomic mass is 10.4. The predicted octanol–water partition coefficient (Wildman–Crippen LogP) is -0.184. The Labute approximate surface area is 63.2 Å². The van der Waals surface area contributed by atoms with Gasteiger partial charge in [0.05, 0.1) is 0 Å². The molecule has 5 heteroatoms. The minimum absolute atomic E-state index is 0.162. The van der Waals surface area contributed by atoms with E-state index in [1.54, 1.807) is 0 Å². The number of aliphatic carboxylic acids is 1. The van der Waals surface area contributed by atoms with E-state index >= 15 is 0 Å². The summed E-state index contributed by atoms with van der Waals surface area (Å²) in [6.07, 6.45) is 0.162. The zero-order valence-electron chi connectivity index (χ0n) is 5.26. The molecule has 0 radical (unpaired) electrons. The summed E-state index contributed by atoms with van der Waals surface area (Å²) in [6, 6.07) is 0. The average Bonchev–Trinajstić information content (AvgIpc) is 1.85. The number of carboxylic acid groups (broad SMARTS) is 1. The Morgan fingerprint density at radius 1 is 1.50 bits per heavy atom. The SMILES string of the molecule is O=C(O)CNC(=O)CCCl. The van der Waals surface area contributed by atoms with Crippen molar-refractivity contribution in [3.8, 4) is 0 Å². The van der Waals surface area contributed by atoms with Crippen molar-refractivity contribution in [3.63, 3.8) is 0 Å². The lowest BCUT2D eigenvalue weighted by Crippen LogP contribution is -2.29. The van der Waals surface area contributed by atoms with Crippen molar-refractivity contribution in [2.24, 2.45) is 0 Å². The van der Waals surface area contributed by atoms with E-state index in [0.717, 1.165) is 0 Å². The summed E-state index contributed by atoms with van der Waals surface area (Å²) in [6.45, 7) is -0.338. The first-order chi connectivity index (χ1) is 4.66. The maximum absolute atomic E-state index is 10.5. The Bertz CT molecular complexity index is 137. The summed E-state index contributed by atoms with van der Waals surface area (Å²) in [5.74, 6) is -1.17. The Morgan fingerprint density at radius 2 is 2.10 bits per heavy atom. The molecule has 0 aliphatic rings. The molecule has 0 saturated carbocycles. The van der Waals surface area contributed by atoms with Gasteiger partial charge in [-0.1, -0.05) is 0 Å². The van der Waals surface area contributed by atoms with Crippen LogP contribution in [0.3, 0.4) is 0 Å². The van der Waals surface area contributed by atoms with E-state index in [1.807, 2.05) is 0 Å². The standard InChI is InChI=1S/C5H8ClNO3/c6-2-1-4(8)7-3-5(9)10/h1-3H2,(H,7,8)(H,9,10). The fourth-order valence-corrected chi connectivity index (χ4v) is 0.520. The molecule has 2 N–H and O–H groups in total. The molecule has 0 saturated heterocycles. The van der Waals surface area contributed by atoms with Gasteiger partial charge >= 0.3 is 5.97 Å². The minimum atomic E-state index is -1.05. The number of hydrogen-bond donors (Lipinski definition) is 2. The van der Waals surface area contributed by atoms with Gasteiger partial charge in [0.25, 0.3) is 0 Å². The average molecular weight is 166 g/mol. The van der Waals surface area contributed by atoms with E-state index in [9.17, 15) is 9.59 Å². The Morgan fingerprint density at radius 3 is 2.50 bits per heavy atom. The molecule has 0 aromatic rings. The Hall–Kier alpha value is -0.770. The topological polar surface area (TPSA) is 66.4 Å². The lowest BCUT2D eigenvalue weighted by Gasteiger charge is -1.97. The molecule has 0 spiro atoms. The molecule has 10 heavy (non-hydrogen) atoms. The number of rotatable bonds is 4. The molecule has 4 nitrogen and oxygen atoms in total. The molecule has 0 rings (SSSR count). The number of amides is 1. The summed E-state index contributed by atoms with van der Waals surface area (Å²) in [5.41, 5.74) is 0. The van der Waals surface area contributed by atoms with Gasteiger partial charge in [-0.15, -0.1) is 11.6 Å². The van der Waals surface area contributed by atoms with Gasteiger partial charge < -0.3 is 10.4 Å². The second-order valence-electron chi connectivity index (χ2n) is 1.61. The summed E-state index contributed by atoms with van der Waals surface area (Å²) in [5, 5.41) is 10.2. The molecule has 0 unspecified atom stereocenters. The molecule has 0 aliphatic carbocycles. The van der Waals surface area contributed by atoms with Crippen LogP contribution in [-0.4, -0.2) is 29.4 Å². The molecule has 0 aromatic carbocycles. The van der Waals surface area contributed by atoms with Crippen molar-refractivity contribution in [1.82, 2.24) is 5.32 Å². The van der Waals surface area contributed by atoms with Crippen LogP contribution in [0.2, 0.25) is 0 Å². The Kier molecular flexibility index (Phi) is 4.66. The van der Waals surface area contributed by atoms with Gasteiger partial charge in [0.15, 0.2) is 0 Å². The van der Waals surface area contributed by atoms with Crippen molar-refractivity contribution in [3.05, 3.63) is 0 Å². The zero-order valence-corrected chi connectivity index (χ0v) is 6.02. The van der Waals surface area contributed by atoms with E-state index < -0.39 is 5.97 Å². The molecule has 0 atom stereocenters. The van der Waals surface area contributed by atoms with Crippen LogP contribution in [0.25, 0.3) is 0 Å². The third-order valence-electron chi connectivity index (χ3n) is 0.758. The third-order valence-corrected chi connectivity index (χ3v) is 0.947. The molecule has 58 valence electrons. The number of alkyl halides is 1. The van der Waals surface area contributed by atoms with Crippen molar-refractivity contribution in [2.75, 3.05) is 12.4 Å². The normalized spacial score (nSPS) is 8.90. The van der Waals surface area contributed by atoms with E-state index in [1.165, 1.54) is 0 Å². The van der Waals surface area contributed by atoms with E-state index in [4.69, 9.17) is 16.7 Å². The maximum Gasteiger partial charge on any atom is 0.322 e. The molecule has 1 amide bonds. The highest BCUT2D eigenvalue weighted by Gasteiger charge is 2.00. The van der Waals surface area contributed by atoms with Crippen LogP contribution in [0.4, 0.5) is 0 Å². The van der Waals surface area contributed by atoms with Gasteiger partial charge in [0.1, 0.15) is 6.54 Å². The number of hydrogen-bond acceptors (Lipinski definition) is 2. The molecule has 0 heterocycles. The molecule has 0 fully saturated rings. The van der Waals surface area contributed by atoms with Gasteiger partial charge in [-0.05, 0) is 0 Å². The largest absolute Gasteiger partial charge is 0.480 e. The number of nitrogens with one attached hydrogen (secondary N) is 1. The zero-order chi connectivity index (χ0) is 7.98. The predicted molar refractivity (Wildman–Crippen MR) is 36.0 cm³/mol. The second-order valence-corrected chi connectivity index (χ2v) is 1.99. The number of carbonyl (C=O) groups is 2. The number of carboxylic acids is 1. The molecule has 0 bridgehead atoms. The van der Waals surface area contributed by atoms with E-state index in [-0.39, 0.29) is 24.8 Å². The second kappa shape index (κ2) is 5.05. The van der Waals surface area contributed by atoms with Gasteiger partial charge in [-0.3, -0.25) is 9.59 Å². The first-order valence-electron chi connectivity index (χ1n) is 2.71. The van der Waals surface area contributed by atoms with Crippen LogP contribution in [-0.2, 0) is 9.59 Å². The lowest BCUT2D eigenvalue weighted by molar-refractivity contribution is -0.137. The van der Waals surface area contributed by atoms with Crippen LogP contribution in [0.5, 0.6) is 0 Å². The highest BCUT2D eigenvalue weighted by atomic mass is 35.5. The van der Waals surface area contributed by atoms with Gasteiger partial charge in [0.2, 0.25) is 5.91 Å². The van der Waals surface area contributed by atoms with Crippen molar-refractivity contribution in [1.29, 1.82) is 0 Å². The first kappa shape index (κ1) is 9.23. The quantitative estimate of drug-likeness (QED) is 0.568. The van der Waals surface area contributed by atoms with Crippen LogP contribution in [0.1, 0.15) is 6.42 Å². The van der Waals surface area contributed by atoms with E-state index in [0.29, 0.717) is 0 Å². The van der Waals surface area contributed by atoms with Gasteiger partial charge in [-0.2, -0.15) is 0 Å². The summed E-state index contributed by atoms with van der Waals surface area (Å²) in [4.78, 5) is 20.3. The van der Waals surface area contributed by atoms with Crippen molar-refractivity contribution < 1.29 is 14.7 Å². The van der Waals surface area contributed by atoms with Crippen LogP contribution in [0, 0.1) is 0 Å². The molecular formula is C5H8ClNO3. The summed E-state index contributed by atoms with van der Waals surface area (Å²) < 4.78 is 0. The van der Waals surface area contributed by atoms with Crippen LogP contribution < -0.4 is 5.32 Å². The molecule has 0 aromatic heterocycles. The number of halogens is 1. The fraction of sp³-hybridized carbons (Fsp3) is 0.600. The van der Waals surface area contributed by atoms with Crippen molar-refractivity contribution in [2.45, 2.75) is 6.42 Å². The summed E-state index contributed by atoms with van der Waals surface area (Å²) in [7, 11) is 0. The highest BCUT2D eigenvalue weighted by molar-refractivity contribution is 6.18. The Balaban J connectivity index is 3.30. The van der Waals surface area contributed by atoms with Crippen molar-refractivity contribution >= 4 is 23.5 Å². The fourth-order valence-electron chi connectivity index (χ4n) is 0.348. The molecule has 0 aliphatic heterocycles. The summed E-state index contributed by atoms with van der Waals surface area (Å²) >= 11 is 5.20. The number of carbonyl (C=O) groups excluding carboxylic acids is 1. The monoisotopic (exact) mass is 165 g/mol. The van der Waals surface area contributed by atoms with Crippen LogP contribution >= 0.6 is 11.6 Å².